The van der Waals surface area contributed by atoms with Gasteiger partial charge in [0.25, 0.3) is 0 Å². The number of aromatic nitrogens is 6. The number of imidazole rings is 1. The highest BCUT2D eigenvalue weighted by molar-refractivity contribution is 5.80. The fraction of sp³-hybridized carbons (Fsp3) is 0.360. The summed E-state index contributed by atoms with van der Waals surface area (Å²) in [5, 5.41) is 14.3. The van der Waals surface area contributed by atoms with E-state index in [0.29, 0.717) is 12.4 Å². The van der Waals surface area contributed by atoms with Crippen molar-refractivity contribution in [2.45, 2.75) is 59.5 Å². The van der Waals surface area contributed by atoms with E-state index in [1.807, 2.05) is 27.3 Å². The van der Waals surface area contributed by atoms with E-state index in [1.54, 1.807) is 0 Å². The quantitative estimate of drug-likeness (QED) is 0.486. The lowest BCUT2D eigenvalue weighted by Gasteiger charge is -2.21. The number of hydrogen-bond acceptors (Lipinski definition) is 4. The minimum atomic E-state index is -0.252. The van der Waals surface area contributed by atoms with Crippen molar-refractivity contribution in [3.63, 3.8) is 0 Å². The number of aromatic amines is 1. The Bertz CT molecular complexity index is 1260. The first-order chi connectivity index (χ1) is 15.3. The highest BCUT2D eigenvalue weighted by Crippen LogP contribution is 2.30. The zero-order valence-electron chi connectivity index (χ0n) is 19.4. The Morgan fingerprint density at radius 1 is 1.00 bits per heavy atom. The minimum absolute atomic E-state index is 0.0608. The first-order valence-corrected chi connectivity index (χ1v) is 11.0. The lowest BCUT2D eigenvalue weighted by atomic mass is 9.98. The lowest BCUT2D eigenvalue weighted by molar-refractivity contribution is 0.373. The van der Waals surface area contributed by atoms with Crippen molar-refractivity contribution in [3.8, 4) is 22.5 Å². The standard InChI is InChI=1S/C25H30N6O/c1-6-9-22-17(2)31(25(3,4)5)24(32)30(22)16-18-12-14-19(15-13-18)20-10-7-8-11-21(20)23-26-28-29-27-23/h7-8,10-15H,6,9,16H2,1-5H3,(H,26,27,28,29). The van der Waals surface area contributed by atoms with E-state index >= 15 is 0 Å². The fourth-order valence-electron chi connectivity index (χ4n) is 4.40. The predicted molar refractivity (Wildman–Crippen MR) is 127 cm³/mol. The van der Waals surface area contributed by atoms with Crippen LogP contribution in [-0.2, 0) is 18.5 Å². The minimum Gasteiger partial charge on any atom is -0.292 e. The van der Waals surface area contributed by atoms with Crippen LogP contribution in [0.15, 0.2) is 53.3 Å². The molecular formula is C25H30N6O. The maximum Gasteiger partial charge on any atom is 0.329 e. The highest BCUT2D eigenvalue weighted by Gasteiger charge is 2.24. The molecule has 0 radical (unpaired) electrons. The lowest BCUT2D eigenvalue weighted by Crippen LogP contribution is -2.35. The normalized spacial score (nSPS) is 11.8. The number of nitrogens with one attached hydrogen (secondary N) is 1. The van der Waals surface area contributed by atoms with Gasteiger partial charge in [0.05, 0.1) is 6.54 Å². The first kappa shape index (κ1) is 21.7. The first-order valence-electron chi connectivity index (χ1n) is 11.0. The van der Waals surface area contributed by atoms with Gasteiger partial charge in [0.1, 0.15) is 0 Å². The Kier molecular flexibility index (Phi) is 5.82. The molecule has 0 unspecified atom stereocenters. The molecule has 0 amide bonds. The van der Waals surface area contributed by atoms with Gasteiger partial charge >= 0.3 is 5.69 Å². The highest BCUT2D eigenvalue weighted by atomic mass is 16.2. The molecule has 166 valence electrons. The predicted octanol–water partition coefficient (Wildman–Crippen LogP) is 4.56. The van der Waals surface area contributed by atoms with Gasteiger partial charge in [-0.1, -0.05) is 61.9 Å². The van der Waals surface area contributed by atoms with Gasteiger partial charge in [0, 0.05) is 22.5 Å². The molecule has 0 fully saturated rings. The molecule has 7 nitrogen and oxygen atoms in total. The zero-order valence-corrected chi connectivity index (χ0v) is 19.4. The van der Waals surface area contributed by atoms with E-state index in [4.69, 9.17) is 0 Å². The van der Waals surface area contributed by atoms with Crippen molar-refractivity contribution in [2.24, 2.45) is 0 Å². The fourth-order valence-corrected chi connectivity index (χ4v) is 4.40. The summed E-state index contributed by atoms with van der Waals surface area (Å²) in [5.41, 5.74) is 6.17. The summed E-state index contributed by atoms with van der Waals surface area (Å²) in [7, 11) is 0. The average molecular weight is 431 g/mol. The molecule has 1 N–H and O–H groups in total. The number of tetrazole rings is 1. The van der Waals surface area contributed by atoms with Gasteiger partial charge in [-0.3, -0.25) is 9.13 Å². The van der Waals surface area contributed by atoms with Crippen molar-refractivity contribution in [2.75, 3.05) is 0 Å². The van der Waals surface area contributed by atoms with E-state index in [-0.39, 0.29) is 11.2 Å². The summed E-state index contributed by atoms with van der Waals surface area (Å²) in [4.78, 5) is 13.3. The van der Waals surface area contributed by atoms with Crippen molar-refractivity contribution < 1.29 is 0 Å². The van der Waals surface area contributed by atoms with Crippen LogP contribution in [0.3, 0.4) is 0 Å². The van der Waals surface area contributed by atoms with Crippen molar-refractivity contribution in [1.82, 2.24) is 29.8 Å². The topological polar surface area (TPSA) is 81.4 Å². The van der Waals surface area contributed by atoms with Crippen LogP contribution in [0.2, 0.25) is 0 Å². The van der Waals surface area contributed by atoms with Crippen LogP contribution in [0.4, 0.5) is 0 Å². The summed E-state index contributed by atoms with van der Waals surface area (Å²) in [6.07, 6.45) is 1.89. The molecule has 32 heavy (non-hydrogen) atoms. The van der Waals surface area contributed by atoms with Crippen LogP contribution in [0.25, 0.3) is 22.5 Å². The van der Waals surface area contributed by atoms with Crippen LogP contribution in [-0.4, -0.2) is 29.8 Å². The molecule has 0 aliphatic rings. The van der Waals surface area contributed by atoms with Crippen molar-refractivity contribution in [3.05, 3.63) is 76.0 Å². The molecule has 2 aromatic carbocycles. The molecule has 2 heterocycles. The molecule has 4 rings (SSSR count). The summed E-state index contributed by atoms with van der Waals surface area (Å²) in [6.45, 7) is 11.0. The van der Waals surface area contributed by atoms with E-state index in [1.165, 1.54) is 0 Å². The summed E-state index contributed by atoms with van der Waals surface area (Å²) in [5.74, 6) is 0.638. The van der Waals surface area contributed by atoms with Crippen LogP contribution in [0.1, 0.15) is 51.1 Å². The number of nitrogens with zero attached hydrogens (tertiary/aromatic N) is 5. The molecule has 4 aromatic rings. The smallest absolute Gasteiger partial charge is 0.292 e. The number of H-pyrrole nitrogens is 1. The summed E-state index contributed by atoms with van der Waals surface area (Å²) in [6, 6.07) is 16.4. The van der Waals surface area contributed by atoms with Crippen molar-refractivity contribution in [1.29, 1.82) is 0 Å². The number of rotatable bonds is 6. The van der Waals surface area contributed by atoms with E-state index in [0.717, 1.165) is 46.5 Å². The van der Waals surface area contributed by atoms with Gasteiger partial charge in [-0.25, -0.2) is 9.89 Å². The molecule has 0 saturated carbocycles. The molecule has 2 aromatic heterocycles. The molecule has 0 bridgehead atoms. The van der Waals surface area contributed by atoms with E-state index in [9.17, 15) is 4.79 Å². The second-order valence-corrected chi connectivity index (χ2v) is 9.15. The van der Waals surface area contributed by atoms with Crippen LogP contribution < -0.4 is 5.69 Å². The molecular weight excluding hydrogens is 400 g/mol. The average Bonchev–Trinajstić information content (AvgIpc) is 3.37. The third-order valence-corrected chi connectivity index (χ3v) is 5.79. The Morgan fingerprint density at radius 2 is 1.69 bits per heavy atom. The number of hydrogen-bond donors (Lipinski definition) is 1. The van der Waals surface area contributed by atoms with Gasteiger partial charge in [-0.2, -0.15) is 0 Å². The molecule has 0 saturated heterocycles. The molecule has 0 atom stereocenters. The molecule has 0 spiro atoms. The third kappa shape index (κ3) is 4.02. The second kappa shape index (κ2) is 8.57. The molecule has 0 aliphatic carbocycles. The monoisotopic (exact) mass is 430 g/mol. The third-order valence-electron chi connectivity index (χ3n) is 5.79. The maximum absolute atomic E-state index is 13.3. The van der Waals surface area contributed by atoms with Gasteiger partial charge in [-0.15, -0.1) is 5.10 Å². The van der Waals surface area contributed by atoms with Gasteiger partial charge < -0.3 is 0 Å². The zero-order chi connectivity index (χ0) is 22.9. The van der Waals surface area contributed by atoms with Crippen molar-refractivity contribution >= 4 is 0 Å². The molecule has 7 heteroatoms. The SMILES string of the molecule is CCCc1c(C)n(C(C)(C)C)c(=O)n1Cc1ccc(-c2ccccc2-c2nnn[nH]2)cc1. The Morgan fingerprint density at radius 3 is 2.28 bits per heavy atom. The van der Waals surface area contributed by atoms with E-state index in [2.05, 4.69) is 85.6 Å². The van der Waals surface area contributed by atoms with E-state index < -0.39 is 0 Å². The Balaban J connectivity index is 1.69. The van der Waals surface area contributed by atoms with Gasteiger partial charge in [0.2, 0.25) is 0 Å². The largest absolute Gasteiger partial charge is 0.329 e. The van der Waals surface area contributed by atoms with Gasteiger partial charge in [0.15, 0.2) is 5.82 Å². The van der Waals surface area contributed by atoms with Gasteiger partial charge in [-0.05, 0) is 61.2 Å². The van der Waals surface area contributed by atoms with Crippen LogP contribution in [0, 0.1) is 6.92 Å². The summed E-state index contributed by atoms with van der Waals surface area (Å²) >= 11 is 0. The Hall–Kier alpha value is -3.48. The summed E-state index contributed by atoms with van der Waals surface area (Å²) < 4.78 is 3.86. The second-order valence-electron chi connectivity index (χ2n) is 9.15. The molecule has 0 aliphatic heterocycles. The maximum atomic E-state index is 13.3. The van der Waals surface area contributed by atoms with Crippen LogP contribution >= 0.6 is 0 Å². The number of benzene rings is 2. The Labute approximate surface area is 188 Å². The van der Waals surface area contributed by atoms with Crippen LogP contribution in [0.5, 0.6) is 0 Å².